The Morgan fingerprint density at radius 2 is 1.18 bits per heavy atom. The van der Waals surface area contributed by atoms with Crippen molar-refractivity contribution in [3.8, 4) is 0 Å². The fraction of sp³-hybridized carbons (Fsp3) is 0.871. The van der Waals surface area contributed by atoms with E-state index in [2.05, 4.69) is 26.8 Å². The molecule has 9 rings (SSSR count). The smallest absolute Gasteiger partial charge is 0.335 e. The van der Waals surface area contributed by atoms with Crippen molar-refractivity contribution < 1.29 is 138 Å². The van der Waals surface area contributed by atoms with Crippen molar-refractivity contribution in [1.29, 1.82) is 0 Å². The van der Waals surface area contributed by atoms with Crippen LogP contribution >= 0.6 is 0 Å². The lowest BCUT2D eigenvalue weighted by Gasteiger charge is -2.72. The number of carbonyl (C=O) groups excluding carboxylic acids is 3. The van der Waals surface area contributed by atoms with E-state index < -0.39 is 230 Å². The Morgan fingerprint density at radius 1 is 0.600 bits per heavy atom. The predicted octanol–water partition coefficient (Wildman–Crippen LogP) is -1.26. The fourth-order valence-electron chi connectivity index (χ4n) is 17.7. The van der Waals surface area contributed by atoms with E-state index in [1.165, 1.54) is 13.8 Å². The number of hydrogen-bond donors (Lipinski definition) is 13. The van der Waals surface area contributed by atoms with E-state index >= 15 is 0 Å². The second kappa shape index (κ2) is 26.3. The third kappa shape index (κ3) is 11.9. The van der Waals surface area contributed by atoms with Crippen molar-refractivity contribution in [3.05, 3.63) is 23.3 Å². The molecular formula is C62H96O28. The first kappa shape index (κ1) is 70.9. The highest BCUT2D eigenvalue weighted by Crippen LogP contribution is 2.76. The number of carboxylic acid groups (broad SMARTS) is 1. The summed E-state index contributed by atoms with van der Waals surface area (Å²) < 4.78 is 67.7. The molecule has 4 heterocycles. The van der Waals surface area contributed by atoms with Crippen LogP contribution in [0.25, 0.3) is 0 Å². The Hall–Kier alpha value is -3.44. The van der Waals surface area contributed by atoms with Crippen LogP contribution in [0.2, 0.25) is 0 Å². The van der Waals surface area contributed by atoms with Gasteiger partial charge in [0.2, 0.25) is 0 Å². The van der Waals surface area contributed by atoms with Gasteiger partial charge in [0.05, 0.1) is 37.9 Å². The maximum absolute atomic E-state index is 13.6. The highest BCUT2D eigenvalue weighted by molar-refractivity contribution is 5.87. The van der Waals surface area contributed by atoms with Gasteiger partial charge < -0.3 is 118 Å². The fourth-order valence-corrected chi connectivity index (χ4v) is 17.7. The van der Waals surface area contributed by atoms with Crippen molar-refractivity contribution in [1.82, 2.24) is 0 Å². The topological polar surface area (TPSA) is 433 Å². The number of fused-ring (bicyclic) bond motifs is 7. The number of hydrogen-bond acceptors (Lipinski definition) is 27. The minimum atomic E-state index is -2.26. The highest BCUT2D eigenvalue weighted by atomic mass is 16.8. The number of aliphatic carboxylic acids is 1. The summed E-state index contributed by atoms with van der Waals surface area (Å²) in [6.07, 6.45) is -33.8. The molecule has 4 aliphatic heterocycles. The monoisotopic (exact) mass is 1290 g/mol. The third-order valence-electron chi connectivity index (χ3n) is 22.9. The number of ether oxygens (including phenoxy) is 11. The van der Waals surface area contributed by atoms with Crippen molar-refractivity contribution in [2.45, 2.75) is 262 Å². The van der Waals surface area contributed by atoms with Crippen LogP contribution in [-0.4, -0.2) is 258 Å². The van der Waals surface area contributed by atoms with Crippen molar-refractivity contribution in [3.63, 3.8) is 0 Å². The van der Waals surface area contributed by atoms with Gasteiger partial charge in [0.25, 0.3) is 0 Å². The van der Waals surface area contributed by atoms with Crippen LogP contribution in [0, 0.1) is 50.2 Å². The highest BCUT2D eigenvalue weighted by Gasteiger charge is 2.75. The molecule has 0 aromatic heterocycles. The van der Waals surface area contributed by atoms with Gasteiger partial charge in [0, 0.05) is 24.8 Å². The van der Waals surface area contributed by atoms with E-state index in [0.717, 1.165) is 5.57 Å². The number of carbonyl (C=O) groups is 4. The second-order valence-electron chi connectivity index (χ2n) is 28.6. The Kier molecular flexibility index (Phi) is 20.7. The minimum Gasteiger partial charge on any atom is -0.479 e. The first-order chi connectivity index (χ1) is 42.0. The number of aliphatic hydroxyl groups is 12. The first-order valence-electron chi connectivity index (χ1n) is 31.3. The lowest BCUT2D eigenvalue weighted by molar-refractivity contribution is -0.401. The molecule has 3 unspecified atom stereocenters. The molecule has 4 saturated carbocycles. The van der Waals surface area contributed by atoms with Crippen LogP contribution in [0.15, 0.2) is 23.3 Å². The van der Waals surface area contributed by atoms with E-state index in [-0.39, 0.29) is 18.3 Å². The molecule has 512 valence electrons. The maximum Gasteiger partial charge on any atom is 0.335 e. The number of aliphatic hydroxyl groups excluding tert-OH is 12. The van der Waals surface area contributed by atoms with Gasteiger partial charge >= 0.3 is 23.9 Å². The Bertz CT molecular complexity index is 2670. The molecule has 5 aliphatic carbocycles. The largest absolute Gasteiger partial charge is 0.479 e. The van der Waals surface area contributed by atoms with Gasteiger partial charge in [-0.3, -0.25) is 9.59 Å². The quantitative estimate of drug-likeness (QED) is 0.0282. The van der Waals surface area contributed by atoms with E-state index in [0.29, 0.717) is 44.1 Å². The van der Waals surface area contributed by atoms with Gasteiger partial charge in [-0.1, -0.05) is 66.2 Å². The summed E-state index contributed by atoms with van der Waals surface area (Å²) in [6.45, 7) is 17.4. The first-order valence-corrected chi connectivity index (χ1v) is 31.3. The molecule has 0 amide bonds. The maximum atomic E-state index is 13.6. The molecule has 8 fully saturated rings. The molecule has 28 nitrogen and oxygen atoms in total. The standard InChI is InChI=1S/C62H96O28/c1-12-25(2)52(79)90-49-50(82-27(4)67)62(24-65)29(19-57(49,5)6)28-13-14-34-59(9)17-16-35(58(7,8)33(59)15-18-60(34,10)61(28,11)20-36(62)81-26(3)66)85-56-48(89-54-43(75)41(73)39(71)32(22-64)84-54)45(44(76)46(87-56)51(77)78)86-55-47(37(69)30(68)23-80-55)88-53-42(74)40(72)38(70)31(21-63)83-53/h12-13,29-50,53-56,63-65,68-76H,14-24H2,1-11H3,(H,77,78)/b25-12-/t29?,30-,31+,32+,33?,34?,35-,36+,37-,38+,39-,40-,41-,42+,43+,44-,45-,46-,47+,48+,49-,50-,53-,54-,55-,56+,59-,60+,61+,62-/m0/s1. The molecule has 9 aliphatic rings. The second-order valence-corrected chi connectivity index (χ2v) is 28.6. The summed E-state index contributed by atoms with van der Waals surface area (Å²) in [4.78, 5) is 53.5. The number of rotatable bonds is 16. The summed E-state index contributed by atoms with van der Waals surface area (Å²) >= 11 is 0. The average molecular weight is 1290 g/mol. The summed E-state index contributed by atoms with van der Waals surface area (Å²) in [5, 5.41) is 142. The van der Waals surface area contributed by atoms with Crippen LogP contribution in [0.1, 0.15) is 121 Å². The van der Waals surface area contributed by atoms with Crippen molar-refractivity contribution in [2.75, 3.05) is 26.4 Å². The zero-order chi connectivity index (χ0) is 66.4. The SMILES string of the molecule is C/C=C(/C)C(=O)O[C@H]1[C@H](OC(C)=O)[C@@]2(CO)C(CC1(C)C)C1=CCC3[C@@]4(C)CC[C@H](O[C@@H]5O[C@H](C(=O)O)[C@@H](O)[C@H](O[C@@H]6OC[C@H](O)[C@H](O)[C@H]6O[C@@H]6O[C@H](CO)[C@@H](O)[C@H](O)[C@H]6O)[C@H]5O[C@@H]5O[C@H](CO)[C@H](O)[C@H](O)[C@H]5O)C(C)(C)C4CC[C@@]3(C)[C@]1(C)C[C@H]2OC(C)=O. The molecular weight excluding hydrogens is 1190 g/mol. The molecule has 0 radical (unpaired) electrons. The molecule has 30 atom stereocenters. The van der Waals surface area contributed by atoms with Crippen LogP contribution in [0.3, 0.4) is 0 Å². The number of esters is 3. The summed E-state index contributed by atoms with van der Waals surface area (Å²) in [5.41, 5.74) is -3.50. The molecule has 0 bridgehead atoms. The lowest BCUT2D eigenvalue weighted by atomic mass is 9.33. The molecule has 90 heavy (non-hydrogen) atoms. The van der Waals surface area contributed by atoms with Crippen molar-refractivity contribution in [2.24, 2.45) is 50.2 Å². The van der Waals surface area contributed by atoms with E-state index in [4.69, 9.17) is 52.1 Å². The zero-order valence-electron chi connectivity index (χ0n) is 52.9. The molecule has 4 saturated heterocycles. The van der Waals surface area contributed by atoms with E-state index in [9.17, 15) is 85.6 Å². The van der Waals surface area contributed by atoms with Gasteiger partial charge in [-0.05, 0) is 98.2 Å². The summed E-state index contributed by atoms with van der Waals surface area (Å²) in [5.74, 6) is -4.39. The van der Waals surface area contributed by atoms with Gasteiger partial charge in [0.1, 0.15) is 97.7 Å². The van der Waals surface area contributed by atoms with E-state index in [1.54, 1.807) is 19.9 Å². The van der Waals surface area contributed by atoms with Crippen LogP contribution < -0.4 is 0 Å². The normalized spacial score (nSPS) is 49.1. The molecule has 0 spiro atoms. The van der Waals surface area contributed by atoms with E-state index in [1.807, 2.05) is 27.7 Å². The van der Waals surface area contributed by atoms with Crippen LogP contribution in [0.5, 0.6) is 0 Å². The molecule has 0 aromatic rings. The van der Waals surface area contributed by atoms with Crippen LogP contribution in [-0.2, 0) is 71.3 Å². The molecule has 13 N–H and O–H groups in total. The Morgan fingerprint density at radius 3 is 1.72 bits per heavy atom. The molecule has 28 heteroatoms. The predicted molar refractivity (Wildman–Crippen MR) is 304 cm³/mol. The average Bonchev–Trinajstić information content (AvgIpc) is 0.669. The van der Waals surface area contributed by atoms with Gasteiger partial charge in [-0.2, -0.15) is 0 Å². The minimum absolute atomic E-state index is 0.0595. The number of allylic oxidation sites excluding steroid dienone is 3. The summed E-state index contributed by atoms with van der Waals surface area (Å²) in [6, 6.07) is 0. The zero-order valence-corrected chi connectivity index (χ0v) is 52.9. The van der Waals surface area contributed by atoms with Gasteiger partial charge in [-0.15, -0.1) is 0 Å². The third-order valence-corrected chi connectivity index (χ3v) is 22.9. The summed E-state index contributed by atoms with van der Waals surface area (Å²) in [7, 11) is 0. The Labute approximate surface area is 522 Å². The lowest BCUT2D eigenvalue weighted by Crippen LogP contribution is -2.73. The van der Waals surface area contributed by atoms with Gasteiger partial charge in [-0.25, -0.2) is 9.59 Å². The molecule has 0 aromatic carbocycles. The van der Waals surface area contributed by atoms with Crippen molar-refractivity contribution >= 4 is 23.9 Å². The Balaban J connectivity index is 1.06. The number of carboxylic acids is 1. The van der Waals surface area contributed by atoms with Crippen LogP contribution in [0.4, 0.5) is 0 Å². The van der Waals surface area contributed by atoms with Gasteiger partial charge in [0.15, 0.2) is 37.4 Å².